The van der Waals surface area contributed by atoms with Crippen molar-refractivity contribution in [1.82, 2.24) is 4.31 Å². The minimum atomic E-state index is -3.91. The predicted octanol–water partition coefficient (Wildman–Crippen LogP) is 1.47. The van der Waals surface area contributed by atoms with Crippen LogP contribution in [0.5, 0.6) is 0 Å². The van der Waals surface area contributed by atoms with E-state index in [4.69, 9.17) is 11.0 Å². The fourth-order valence-corrected chi connectivity index (χ4v) is 3.61. The van der Waals surface area contributed by atoms with E-state index in [-0.39, 0.29) is 29.6 Å². The number of sulfonamides is 1. The van der Waals surface area contributed by atoms with E-state index >= 15 is 0 Å². The van der Waals surface area contributed by atoms with Gasteiger partial charge in [0.25, 0.3) is 0 Å². The van der Waals surface area contributed by atoms with E-state index in [0.29, 0.717) is 0 Å². The van der Waals surface area contributed by atoms with Crippen LogP contribution < -0.4 is 5.73 Å². The molecule has 0 unspecified atom stereocenters. The van der Waals surface area contributed by atoms with Gasteiger partial charge in [0.05, 0.1) is 6.07 Å². The van der Waals surface area contributed by atoms with Gasteiger partial charge in [-0.3, -0.25) is 0 Å². The Kier molecular flexibility index (Phi) is 3.73. The molecule has 7 heteroatoms. The summed E-state index contributed by atoms with van der Waals surface area (Å²) in [5.41, 5.74) is 5.58. The number of rotatable bonds is 5. The third-order valence-electron chi connectivity index (χ3n) is 2.94. The maximum atomic E-state index is 13.8. The first-order valence-corrected chi connectivity index (χ1v) is 7.34. The van der Waals surface area contributed by atoms with Crippen molar-refractivity contribution in [2.24, 2.45) is 0 Å². The molecule has 1 aromatic rings. The second-order valence-corrected chi connectivity index (χ2v) is 6.30. The van der Waals surface area contributed by atoms with E-state index in [1.807, 2.05) is 6.07 Å². The third kappa shape index (κ3) is 2.85. The summed E-state index contributed by atoms with van der Waals surface area (Å²) < 4.78 is 39.7. The molecule has 0 amide bonds. The van der Waals surface area contributed by atoms with E-state index in [0.717, 1.165) is 18.9 Å². The van der Waals surface area contributed by atoms with Gasteiger partial charge in [0.2, 0.25) is 10.0 Å². The quantitative estimate of drug-likeness (QED) is 0.829. The van der Waals surface area contributed by atoms with Crippen LogP contribution in [0, 0.1) is 17.1 Å². The van der Waals surface area contributed by atoms with Gasteiger partial charge in [-0.25, -0.2) is 12.8 Å². The summed E-state index contributed by atoms with van der Waals surface area (Å²) in [4.78, 5) is -0.383. The van der Waals surface area contributed by atoms with Crippen molar-refractivity contribution in [1.29, 1.82) is 5.26 Å². The van der Waals surface area contributed by atoms with Crippen molar-refractivity contribution >= 4 is 15.7 Å². The van der Waals surface area contributed by atoms with Crippen molar-refractivity contribution in [2.75, 3.05) is 12.3 Å². The lowest BCUT2D eigenvalue weighted by molar-refractivity contribution is 0.407. The fraction of sp³-hybridized carbons (Fsp3) is 0.417. The molecule has 0 atom stereocenters. The molecule has 0 aliphatic heterocycles. The van der Waals surface area contributed by atoms with Gasteiger partial charge < -0.3 is 5.73 Å². The first-order chi connectivity index (χ1) is 8.96. The molecule has 2 N–H and O–H groups in total. The average Bonchev–Trinajstić information content (AvgIpc) is 3.13. The van der Waals surface area contributed by atoms with E-state index in [2.05, 4.69) is 0 Å². The van der Waals surface area contributed by atoms with Gasteiger partial charge >= 0.3 is 0 Å². The van der Waals surface area contributed by atoms with Gasteiger partial charge in [-0.1, -0.05) is 0 Å². The highest BCUT2D eigenvalue weighted by atomic mass is 32.2. The average molecular weight is 283 g/mol. The Bertz CT molecular complexity index is 620. The van der Waals surface area contributed by atoms with Gasteiger partial charge in [-0.15, -0.1) is 0 Å². The topological polar surface area (TPSA) is 87.2 Å². The lowest BCUT2D eigenvalue weighted by Gasteiger charge is -2.21. The fourth-order valence-electron chi connectivity index (χ4n) is 1.87. The first-order valence-electron chi connectivity index (χ1n) is 5.90. The third-order valence-corrected chi connectivity index (χ3v) is 4.93. The zero-order valence-electron chi connectivity index (χ0n) is 10.2. The van der Waals surface area contributed by atoms with Crippen molar-refractivity contribution < 1.29 is 12.8 Å². The summed E-state index contributed by atoms with van der Waals surface area (Å²) in [6, 6.07) is 5.30. The van der Waals surface area contributed by atoms with Crippen LogP contribution in [-0.2, 0) is 10.0 Å². The van der Waals surface area contributed by atoms with Crippen LogP contribution in [0.2, 0.25) is 0 Å². The van der Waals surface area contributed by atoms with Crippen molar-refractivity contribution in [3.63, 3.8) is 0 Å². The molecule has 0 aromatic heterocycles. The van der Waals surface area contributed by atoms with Crippen LogP contribution in [0.1, 0.15) is 19.3 Å². The van der Waals surface area contributed by atoms with Gasteiger partial charge in [0.1, 0.15) is 10.7 Å². The van der Waals surface area contributed by atoms with Gasteiger partial charge in [0, 0.05) is 24.7 Å². The Labute approximate surface area is 111 Å². The molecule has 1 aliphatic carbocycles. The normalized spacial score (nSPS) is 15.4. The summed E-state index contributed by atoms with van der Waals surface area (Å²) in [6.45, 7) is 0.0906. The lowest BCUT2D eigenvalue weighted by Crippen LogP contribution is -2.34. The Balaban J connectivity index is 2.36. The molecule has 5 nitrogen and oxygen atoms in total. The summed E-state index contributed by atoms with van der Waals surface area (Å²) >= 11 is 0. The van der Waals surface area contributed by atoms with Gasteiger partial charge in [-0.05, 0) is 31.0 Å². The molecule has 0 radical (unpaired) electrons. The molecule has 1 aromatic carbocycles. The molecule has 1 aliphatic rings. The number of nitriles is 1. The Morgan fingerprint density at radius 2 is 2.16 bits per heavy atom. The van der Waals surface area contributed by atoms with Crippen LogP contribution in [0.15, 0.2) is 23.1 Å². The van der Waals surface area contributed by atoms with Crippen LogP contribution >= 0.6 is 0 Å². The number of halogens is 1. The van der Waals surface area contributed by atoms with Crippen LogP contribution in [0.4, 0.5) is 10.1 Å². The highest BCUT2D eigenvalue weighted by Crippen LogP contribution is 2.33. The van der Waals surface area contributed by atoms with Crippen LogP contribution in [-0.4, -0.2) is 25.3 Å². The molecule has 102 valence electrons. The number of nitrogen functional groups attached to an aromatic ring is 1. The molecular weight excluding hydrogens is 269 g/mol. The summed E-state index contributed by atoms with van der Waals surface area (Å²) in [5, 5.41) is 8.58. The Morgan fingerprint density at radius 3 is 2.68 bits per heavy atom. The number of anilines is 1. The molecule has 1 fully saturated rings. The first kappa shape index (κ1) is 13.8. The van der Waals surface area contributed by atoms with Gasteiger partial charge in [-0.2, -0.15) is 9.57 Å². The molecular formula is C12H14FN3O2S. The van der Waals surface area contributed by atoms with Crippen LogP contribution in [0.3, 0.4) is 0 Å². The largest absolute Gasteiger partial charge is 0.399 e. The maximum absolute atomic E-state index is 13.8. The SMILES string of the molecule is N#CCCN(C1CC1)S(=O)(=O)c1ccc(N)cc1F. The number of hydrogen-bond donors (Lipinski definition) is 1. The van der Waals surface area contributed by atoms with E-state index in [1.165, 1.54) is 16.4 Å². The summed E-state index contributed by atoms with van der Waals surface area (Å²) in [5.74, 6) is -0.859. The summed E-state index contributed by atoms with van der Waals surface area (Å²) in [7, 11) is -3.91. The summed E-state index contributed by atoms with van der Waals surface area (Å²) in [6.07, 6.45) is 1.59. The predicted molar refractivity (Wildman–Crippen MR) is 68.0 cm³/mol. The Hall–Kier alpha value is -1.65. The molecule has 0 bridgehead atoms. The molecule has 2 rings (SSSR count). The minimum absolute atomic E-state index is 0.0896. The van der Waals surface area contributed by atoms with Crippen LogP contribution in [0.25, 0.3) is 0 Å². The van der Waals surface area contributed by atoms with E-state index in [9.17, 15) is 12.8 Å². The van der Waals surface area contributed by atoms with Crippen molar-refractivity contribution in [3.8, 4) is 6.07 Å². The highest BCUT2D eigenvalue weighted by molar-refractivity contribution is 7.89. The number of benzene rings is 1. The zero-order chi connectivity index (χ0) is 14.0. The molecule has 0 heterocycles. The Morgan fingerprint density at radius 1 is 1.47 bits per heavy atom. The highest BCUT2D eigenvalue weighted by Gasteiger charge is 2.38. The molecule has 1 saturated carbocycles. The van der Waals surface area contributed by atoms with Gasteiger partial charge in [0.15, 0.2) is 0 Å². The zero-order valence-corrected chi connectivity index (χ0v) is 11.0. The molecule has 0 saturated heterocycles. The monoisotopic (exact) mass is 283 g/mol. The van der Waals surface area contributed by atoms with Crippen molar-refractivity contribution in [3.05, 3.63) is 24.0 Å². The number of nitrogens with zero attached hydrogens (tertiary/aromatic N) is 2. The standard InChI is InChI=1S/C12H14FN3O2S/c13-11-8-9(15)2-5-12(11)19(17,18)16(7-1-6-14)10-3-4-10/h2,5,8,10H,1,3-4,7,15H2. The molecule has 0 spiro atoms. The number of nitrogens with two attached hydrogens (primary N) is 1. The minimum Gasteiger partial charge on any atom is -0.399 e. The van der Waals surface area contributed by atoms with E-state index in [1.54, 1.807) is 0 Å². The smallest absolute Gasteiger partial charge is 0.246 e. The number of hydrogen-bond acceptors (Lipinski definition) is 4. The lowest BCUT2D eigenvalue weighted by atomic mass is 10.3. The maximum Gasteiger partial charge on any atom is 0.246 e. The second-order valence-electron chi connectivity index (χ2n) is 4.44. The second kappa shape index (κ2) is 5.15. The van der Waals surface area contributed by atoms with Crippen molar-refractivity contribution in [2.45, 2.75) is 30.2 Å². The molecule has 19 heavy (non-hydrogen) atoms. The van der Waals surface area contributed by atoms with E-state index < -0.39 is 15.8 Å².